The van der Waals surface area contributed by atoms with Crippen molar-refractivity contribution in [2.75, 3.05) is 20.1 Å². The van der Waals surface area contributed by atoms with Gasteiger partial charge in [0.1, 0.15) is 0 Å². The van der Waals surface area contributed by atoms with Gasteiger partial charge < -0.3 is 5.32 Å². The maximum absolute atomic E-state index is 3.52. The van der Waals surface area contributed by atoms with Crippen LogP contribution in [0.15, 0.2) is 0 Å². The maximum Gasteiger partial charge on any atom is 0.0192 e. The zero-order valence-electron chi connectivity index (χ0n) is 11.5. The zero-order valence-corrected chi connectivity index (χ0v) is 11.5. The maximum atomic E-state index is 3.52. The number of hydrogen-bond donors (Lipinski definition) is 1. The summed E-state index contributed by atoms with van der Waals surface area (Å²) >= 11 is 0. The van der Waals surface area contributed by atoms with Gasteiger partial charge in [0.25, 0.3) is 0 Å². The summed E-state index contributed by atoms with van der Waals surface area (Å²) < 4.78 is 0. The van der Waals surface area contributed by atoms with Crippen molar-refractivity contribution in [1.82, 2.24) is 10.2 Å². The van der Waals surface area contributed by atoms with Crippen LogP contribution < -0.4 is 5.32 Å². The third-order valence-electron chi connectivity index (χ3n) is 3.09. The van der Waals surface area contributed by atoms with Gasteiger partial charge in [-0.15, -0.1) is 0 Å². The van der Waals surface area contributed by atoms with E-state index in [1.165, 1.54) is 12.8 Å². The second kappa shape index (κ2) is 8.12. The van der Waals surface area contributed by atoms with E-state index >= 15 is 0 Å². The Hall–Kier alpha value is -0.0800. The fourth-order valence-electron chi connectivity index (χ4n) is 1.78. The van der Waals surface area contributed by atoms with Crippen molar-refractivity contribution < 1.29 is 0 Å². The molecule has 0 saturated carbocycles. The predicted octanol–water partition coefficient (Wildman–Crippen LogP) is 2.74. The van der Waals surface area contributed by atoms with E-state index in [2.05, 4.69) is 51.9 Å². The second-order valence-electron chi connectivity index (χ2n) is 5.20. The molecular weight excluding hydrogens is 184 g/mol. The number of hydrogen-bond acceptors (Lipinski definition) is 2. The van der Waals surface area contributed by atoms with Crippen molar-refractivity contribution in [3.05, 3.63) is 0 Å². The minimum atomic E-state index is 0.630. The molecule has 0 amide bonds. The van der Waals surface area contributed by atoms with Crippen LogP contribution in [-0.2, 0) is 0 Å². The summed E-state index contributed by atoms with van der Waals surface area (Å²) in [7, 11) is 2.24. The lowest BCUT2D eigenvalue weighted by Gasteiger charge is -2.31. The first kappa shape index (κ1) is 14.9. The highest BCUT2D eigenvalue weighted by Crippen LogP contribution is 2.07. The van der Waals surface area contributed by atoms with Gasteiger partial charge in [-0.3, -0.25) is 4.90 Å². The smallest absolute Gasteiger partial charge is 0.0192 e. The first-order valence-electron chi connectivity index (χ1n) is 6.41. The Morgan fingerprint density at radius 1 is 1.00 bits per heavy atom. The molecule has 0 aliphatic heterocycles. The zero-order chi connectivity index (χ0) is 11.8. The van der Waals surface area contributed by atoms with E-state index in [1.807, 2.05) is 0 Å². The predicted molar refractivity (Wildman–Crippen MR) is 69.3 cm³/mol. The van der Waals surface area contributed by atoms with E-state index in [-0.39, 0.29) is 0 Å². The van der Waals surface area contributed by atoms with Gasteiger partial charge in [0, 0.05) is 18.6 Å². The Kier molecular flexibility index (Phi) is 8.07. The molecule has 0 aromatic rings. The van der Waals surface area contributed by atoms with Gasteiger partial charge in [0.2, 0.25) is 0 Å². The fraction of sp³-hybridized carbons (Fsp3) is 1.00. The van der Waals surface area contributed by atoms with Gasteiger partial charge in [0.05, 0.1) is 0 Å². The summed E-state index contributed by atoms with van der Waals surface area (Å²) in [4.78, 5) is 2.48. The highest BCUT2D eigenvalue weighted by molar-refractivity contribution is 4.72. The van der Waals surface area contributed by atoms with Gasteiger partial charge in [0.15, 0.2) is 0 Å². The molecule has 0 aliphatic carbocycles. The van der Waals surface area contributed by atoms with Crippen LogP contribution in [0.1, 0.15) is 47.5 Å². The van der Waals surface area contributed by atoms with Crippen molar-refractivity contribution >= 4 is 0 Å². The van der Waals surface area contributed by atoms with Crippen LogP contribution in [-0.4, -0.2) is 37.1 Å². The minimum absolute atomic E-state index is 0.630. The summed E-state index contributed by atoms with van der Waals surface area (Å²) in [5.74, 6) is 0.746. The molecule has 0 radical (unpaired) electrons. The lowest BCUT2D eigenvalue weighted by Crippen LogP contribution is -2.43. The largest absolute Gasteiger partial charge is 0.315 e. The monoisotopic (exact) mass is 214 g/mol. The van der Waals surface area contributed by atoms with Crippen LogP contribution >= 0.6 is 0 Å². The molecule has 0 rings (SSSR count). The lowest BCUT2D eigenvalue weighted by atomic mass is 10.1. The molecule has 0 fully saturated rings. The Bertz CT molecular complexity index is 145. The van der Waals surface area contributed by atoms with Crippen molar-refractivity contribution in [2.24, 2.45) is 5.92 Å². The first-order chi connectivity index (χ1) is 6.99. The molecule has 1 N–H and O–H groups in total. The van der Waals surface area contributed by atoms with Crippen LogP contribution in [0.5, 0.6) is 0 Å². The molecule has 2 unspecified atom stereocenters. The topological polar surface area (TPSA) is 15.3 Å². The summed E-state index contributed by atoms with van der Waals surface area (Å²) in [6.45, 7) is 13.6. The highest BCUT2D eigenvalue weighted by Gasteiger charge is 2.14. The number of nitrogens with one attached hydrogen (secondary N) is 1. The van der Waals surface area contributed by atoms with E-state index in [4.69, 9.17) is 0 Å². The number of nitrogens with zero attached hydrogens (tertiary/aromatic N) is 1. The standard InChI is InChI=1S/C13H30N2/c1-7-8-12(4)15(6)13(5)10-14-9-11(2)3/h11-14H,7-10H2,1-6H3. The second-order valence-corrected chi connectivity index (χ2v) is 5.20. The number of rotatable bonds is 8. The lowest BCUT2D eigenvalue weighted by molar-refractivity contribution is 0.182. The fourth-order valence-corrected chi connectivity index (χ4v) is 1.78. The van der Waals surface area contributed by atoms with Crippen molar-refractivity contribution in [3.63, 3.8) is 0 Å². The minimum Gasteiger partial charge on any atom is -0.315 e. The van der Waals surface area contributed by atoms with E-state index in [1.54, 1.807) is 0 Å². The van der Waals surface area contributed by atoms with Crippen LogP contribution in [0, 0.1) is 5.92 Å². The molecule has 0 aromatic carbocycles. The van der Waals surface area contributed by atoms with Gasteiger partial charge in [-0.1, -0.05) is 27.2 Å². The van der Waals surface area contributed by atoms with Crippen LogP contribution in [0.4, 0.5) is 0 Å². The summed E-state index contributed by atoms with van der Waals surface area (Å²) in [5.41, 5.74) is 0. The normalized spacial score (nSPS) is 16.0. The van der Waals surface area contributed by atoms with Crippen LogP contribution in [0.25, 0.3) is 0 Å². The number of likely N-dealkylation sites (N-methyl/N-ethyl adjacent to an activating group) is 1. The third kappa shape index (κ3) is 6.91. The molecule has 2 nitrogen and oxygen atoms in total. The molecule has 0 saturated heterocycles. The van der Waals surface area contributed by atoms with Gasteiger partial charge >= 0.3 is 0 Å². The molecule has 0 aromatic heterocycles. The SMILES string of the molecule is CCCC(C)N(C)C(C)CNCC(C)C. The average Bonchev–Trinajstić information content (AvgIpc) is 2.16. The molecule has 0 aliphatic rings. The average molecular weight is 214 g/mol. The molecule has 15 heavy (non-hydrogen) atoms. The van der Waals surface area contributed by atoms with Crippen molar-refractivity contribution in [1.29, 1.82) is 0 Å². The van der Waals surface area contributed by atoms with Crippen molar-refractivity contribution in [2.45, 2.75) is 59.5 Å². The quantitative estimate of drug-likeness (QED) is 0.668. The summed E-state index contributed by atoms with van der Waals surface area (Å²) in [5, 5.41) is 3.52. The molecule has 2 atom stereocenters. The van der Waals surface area contributed by atoms with Gasteiger partial charge in [-0.25, -0.2) is 0 Å². The molecule has 0 spiro atoms. The molecule has 2 heteroatoms. The summed E-state index contributed by atoms with van der Waals surface area (Å²) in [6, 6.07) is 1.33. The van der Waals surface area contributed by atoms with Gasteiger partial charge in [-0.2, -0.15) is 0 Å². The molecule has 0 heterocycles. The van der Waals surface area contributed by atoms with Gasteiger partial charge in [-0.05, 0) is 39.8 Å². The van der Waals surface area contributed by atoms with E-state index < -0.39 is 0 Å². The Morgan fingerprint density at radius 3 is 2.07 bits per heavy atom. The van der Waals surface area contributed by atoms with E-state index in [9.17, 15) is 0 Å². The van der Waals surface area contributed by atoms with E-state index in [0.29, 0.717) is 12.1 Å². The summed E-state index contributed by atoms with van der Waals surface area (Å²) in [6.07, 6.45) is 2.57. The molecule has 0 bridgehead atoms. The van der Waals surface area contributed by atoms with E-state index in [0.717, 1.165) is 19.0 Å². The van der Waals surface area contributed by atoms with Crippen LogP contribution in [0.2, 0.25) is 0 Å². The first-order valence-corrected chi connectivity index (χ1v) is 6.41. The molecular formula is C13H30N2. The Morgan fingerprint density at radius 2 is 1.60 bits per heavy atom. The Balaban J connectivity index is 3.72. The van der Waals surface area contributed by atoms with Crippen LogP contribution in [0.3, 0.4) is 0 Å². The van der Waals surface area contributed by atoms with Crippen molar-refractivity contribution in [3.8, 4) is 0 Å². The highest BCUT2D eigenvalue weighted by atomic mass is 15.2. The Labute approximate surface area is 96.4 Å². The molecule has 92 valence electrons. The third-order valence-corrected chi connectivity index (χ3v) is 3.09.